The molecular weight excluding hydrogens is 485 g/mol. The van der Waals surface area contributed by atoms with Crippen molar-refractivity contribution < 1.29 is 31.1 Å². The summed E-state index contributed by atoms with van der Waals surface area (Å²) in [5.41, 5.74) is 0.407. The van der Waals surface area contributed by atoms with Crippen LogP contribution in [-0.4, -0.2) is 61.4 Å². The third kappa shape index (κ3) is 5.22. The average molecular weight is 509 g/mol. The van der Waals surface area contributed by atoms with Crippen molar-refractivity contribution in [3.8, 4) is 0 Å². The highest BCUT2D eigenvalue weighted by molar-refractivity contribution is 7.89. The van der Waals surface area contributed by atoms with Gasteiger partial charge in [0.05, 0.1) is 22.6 Å². The van der Waals surface area contributed by atoms with E-state index in [2.05, 4.69) is 9.97 Å². The molecule has 4 rings (SSSR count). The number of ether oxygens (including phenoxy) is 1. The highest BCUT2D eigenvalue weighted by atomic mass is 32.2. The van der Waals surface area contributed by atoms with Crippen molar-refractivity contribution in [3.05, 3.63) is 59.9 Å². The van der Waals surface area contributed by atoms with E-state index in [9.17, 15) is 26.4 Å². The van der Waals surface area contributed by atoms with Gasteiger partial charge in [0, 0.05) is 31.6 Å². The van der Waals surface area contributed by atoms with Crippen LogP contribution in [0.15, 0.2) is 53.4 Å². The van der Waals surface area contributed by atoms with Gasteiger partial charge in [0.25, 0.3) is 0 Å². The Morgan fingerprint density at radius 2 is 1.71 bits per heavy atom. The van der Waals surface area contributed by atoms with E-state index in [1.807, 2.05) is 0 Å². The maximum Gasteiger partial charge on any atom is 0.451 e. The molecule has 0 saturated carbocycles. The molecule has 12 heteroatoms. The minimum absolute atomic E-state index is 0.0193. The fourth-order valence-corrected chi connectivity index (χ4v) is 5.37. The van der Waals surface area contributed by atoms with E-state index in [1.54, 1.807) is 30.0 Å². The molecule has 0 unspecified atom stereocenters. The first kappa shape index (κ1) is 24.9. The zero-order valence-electron chi connectivity index (χ0n) is 18.8. The molecule has 0 aliphatic carbocycles. The molecule has 186 valence electrons. The van der Waals surface area contributed by atoms with Crippen LogP contribution in [0.4, 0.5) is 19.0 Å². The minimum atomic E-state index is -4.71. The lowest BCUT2D eigenvalue weighted by Crippen LogP contribution is -2.35. The fraction of sp³-hybridized carbons (Fsp3) is 0.348. The number of hydrogen-bond donors (Lipinski definition) is 0. The maximum atomic E-state index is 13.4. The summed E-state index contributed by atoms with van der Waals surface area (Å²) in [6.07, 6.45) is -4.32. The monoisotopic (exact) mass is 508 g/mol. The normalized spacial score (nSPS) is 15.7. The van der Waals surface area contributed by atoms with E-state index < -0.39 is 28.0 Å². The molecule has 0 atom stereocenters. The fourth-order valence-electron chi connectivity index (χ4n) is 3.90. The Hall–Kier alpha value is -3.25. The predicted octanol–water partition coefficient (Wildman–Crippen LogP) is 3.73. The van der Waals surface area contributed by atoms with Crippen LogP contribution in [0.3, 0.4) is 0 Å². The van der Waals surface area contributed by atoms with Crippen LogP contribution in [0.5, 0.6) is 0 Å². The van der Waals surface area contributed by atoms with Crippen LogP contribution in [0.2, 0.25) is 0 Å². The van der Waals surface area contributed by atoms with E-state index >= 15 is 0 Å². The second-order valence-electron chi connectivity index (χ2n) is 7.88. The Bertz CT molecular complexity index is 1330. The number of carbonyl (C=O) groups excluding carboxylic acids is 1. The van der Waals surface area contributed by atoms with Crippen molar-refractivity contribution in [1.82, 2.24) is 14.3 Å². The number of aromatic nitrogens is 2. The molecule has 0 amide bonds. The van der Waals surface area contributed by atoms with Crippen molar-refractivity contribution >= 4 is 32.7 Å². The molecule has 1 fully saturated rings. The lowest BCUT2D eigenvalue weighted by molar-refractivity contribution is -0.144. The van der Waals surface area contributed by atoms with Gasteiger partial charge >= 0.3 is 12.1 Å². The minimum Gasteiger partial charge on any atom is -0.462 e. The molecule has 0 radical (unpaired) electrons. The van der Waals surface area contributed by atoms with Crippen molar-refractivity contribution in [2.45, 2.75) is 24.4 Å². The number of carbonyl (C=O) groups is 1. The number of sulfonamides is 1. The van der Waals surface area contributed by atoms with Crippen molar-refractivity contribution in [3.63, 3.8) is 0 Å². The second kappa shape index (κ2) is 9.78. The number of fused-ring (bicyclic) bond motifs is 1. The maximum absolute atomic E-state index is 13.4. The van der Waals surface area contributed by atoms with Crippen LogP contribution in [-0.2, 0) is 20.9 Å². The summed E-state index contributed by atoms with van der Waals surface area (Å²) in [6, 6.07) is 11.9. The molecule has 1 aliphatic rings. The van der Waals surface area contributed by atoms with Gasteiger partial charge < -0.3 is 9.64 Å². The number of hydrogen-bond acceptors (Lipinski definition) is 7. The highest BCUT2D eigenvalue weighted by Gasteiger charge is 2.36. The molecule has 2 aromatic carbocycles. The van der Waals surface area contributed by atoms with Gasteiger partial charge in [-0.2, -0.15) is 17.5 Å². The standard InChI is InChI=1S/C23H23F3N4O4S/c1-2-34-21(31)16-8-10-17(11-9-16)35(32,33)30-13-5-12-29(14-15-30)20-18-6-3-4-7-19(18)27-22(28-20)23(24,25)26/h3-4,6-11H,2,5,12-15H2,1H3. The second-order valence-corrected chi connectivity index (χ2v) is 9.81. The molecule has 0 bridgehead atoms. The Kier molecular flexibility index (Phi) is 6.95. The Labute approximate surface area is 200 Å². The summed E-state index contributed by atoms with van der Waals surface area (Å²) < 4.78 is 72.8. The van der Waals surface area contributed by atoms with E-state index in [-0.39, 0.29) is 48.0 Å². The SMILES string of the molecule is CCOC(=O)c1ccc(S(=O)(=O)N2CCCN(c3nc(C(F)(F)F)nc4ccccc34)CC2)cc1. The Morgan fingerprint density at radius 1 is 1.00 bits per heavy atom. The van der Waals surface area contributed by atoms with Crippen molar-refractivity contribution in [2.75, 3.05) is 37.7 Å². The van der Waals surface area contributed by atoms with Crippen LogP contribution in [0.1, 0.15) is 29.5 Å². The summed E-state index contributed by atoms with van der Waals surface area (Å²) in [4.78, 5) is 21.0. The van der Waals surface area contributed by atoms with E-state index in [0.717, 1.165) is 0 Å². The van der Waals surface area contributed by atoms with E-state index in [0.29, 0.717) is 18.4 Å². The quantitative estimate of drug-likeness (QED) is 0.485. The van der Waals surface area contributed by atoms with E-state index in [4.69, 9.17) is 4.74 Å². The first-order valence-electron chi connectivity index (χ1n) is 11.0. The first-order valence-corrected chi connectivity index (χ1v) is 12.4. The Morgan fingerprint density at radius 3 is 2.40 bits per heavy atom. The van der Waals surface area contributed by atoms with Crippen molar-refractivity contribution in [1.29, 1.82) is 0 Å². The van der Waals surface area contributed by atoms with Gasteiger partial charge in [-0.3, -0.25) is 0 Å². The summed E-state index contributed by atoms with van der Waals surface area (Å²) in [5, 5.41) is 0.464. The lowest BCUT2D eigenvalue weighted by Gasteiger charge is -2.24. The van der Waals surface area contributed by atoms with Crippen LogP contribution >= 0.6 is 0 Å². The van der Waals surface area contributed by atoms with Gasteiger partial charge in [0.2, 0.25) is 15.8 Å². The Balaban J connectivity index is 1.58. The number of esters is 1. The number of benzene rings is 2. The molecule has 8 nitrogen and oxygen atoms in total. The molecule has 1 aromatic heterocycles. The molecule has 1 saturated heterocycles. The highest BCUT2D eigenvalue weighted by Crippen LogP contribution is 2.32. The van der Waals surface area contributed by atoms with Gasteiger partial charge in [0.1, 0.15) is 5.82 Å². The van der Waals surface area contributed by atoms with Crippen molar-refractivity contribution in [2.24, 2.45) is 0 Å². The average Bonchev–Trinajstić information content (AvgIpc) is 3.10. The zero-order valence-corrected chi connectivity index (χ0v) is 19.6. The third-order valence-corrected chi connectivity index (χ3v) is 7.51. The molecule has 0 spiro atoms. The molecule has 0 N–H and O–H groups in total. The van der Waals surface area contributed by atoms with Crippen LogP contribution in [0.25, 0.3) is 10.9 Å². The number of rotatable bonds is 5. The molecule has 35 heavy (non-hydrogen) atoms. The molecule has 2 heterocycles. The number of nitrogens with zero attached hydrogens (tertiary/aromatic N) is 4. The summed E-state index contributed by atoms with van der Waals surface area (Å²) in [7, 11) is -3.88. The number of alkyl halides is 3. The topological polar surface area (TPSA) is 92.7 Å². The third-order valence-electron chi connectivity index (χ3n) is 5.59. The van der Waals surface area contributed by atoms with Gasteiger partial charge in [-0.05, 0) is 49.7 Å². The molecular formula is C23H23F3N4O4S. The predicted molar refractivity (Wildman–Crippen MR) is 123 cm³/mol. The van der Waals surface area contributed by atoms with Crippen LogP contribution < -0.4 is 4.90 Å². The molecule has 3 aromatic rings. The van der Waals surface area contributed by atoms with E-state index in [1.165, 1.54) is 34.6 Å². The summed E-state index contributed by atoms with van der Waals surface area (Å²) >= 11 is 0. The first-order chi connectivity index (χ1) is 16.6. The zero-order chi connectivity index (χ0) is 25.2. The summed E-state index contributed by atoms with van der Waals surface area (Å²) in [6.45, 7) is 2.60. The summed E-state index contributed by atoms with van der Waals surface area (Å²) in [5.74, 6) is -1.65. The number of anilines is 1. The number of para-hydroxylation sites is 1. The lowest BCUT2D eigenvalue weighted by atomic mass is 10.2. The van der Waals surface area contributed by atoms with Gasteiger partial charge in [-0.25, -0.2) is 23.2 Å². The molecule has 1 aliphatic heterocycles. The van der Waals surface area contributed by atoms with Gasteiger partial charge in [-0.1, -0.05) is 12.1 Å². The van der Waals surface area contributed by atoms with Crippen LogP contribution in [0, 0.1) is 0 Å². The smallest absolute Gasteiger partial charge is 0.451 e. The largest absolute Gasteiger partial charge is 0.462 e. The van der Waals surface area contributed by atoms with Gasteiger partial charge in [-0.15, -0.1) is 0 Å². The number of halogens is 3. The van der Waals surface area contributed by atoms with Gasteiger partial charge in [0.15, 0.2) is 0 Å².